The van der Waals surface area contributed by atoms with E-state index in [2.05, 4.69) is 24.4 Å². The Kier molecular flexibility index (Phi) is 5.74. The van der Waals surface area contributed by atoms with Gasteiger partial charge in [-0.25, -0.2) is 9.59 Å². The molecule has 1 aromatic carbocycles. The first-order valence-electron chi connectivity index (χ1n) is 10.8. The summed E-state index contributed by atoms with van der Waals surface area (Å²) in [6.45, 7) is 3.98. The van der Waals surface area contributed by atoms with E-state index >= 15 is 0 Å². The largest absolute Gasteiger partial charge is 0.338 e. The summed E-state index contributed by atoms with van der Waals surface area (Å²) < 4.78 is 0. The van der Waals surface area contributed by atoms with Crippen LogP contribution in [0.4, 0.5) is 9.59 Å². The number of fused-ring (bicyclic) bond motifs is 1. The average molecular weight is 399 g/mol. The smallest absolute Gasteiger partial charge is 0.327 e. The van der Waals surface area contributed by atoms with Gasteiger partial charge in [-0.05, 0) is 18.4 Å². The molecular weight excluding hydrogens is 368 g/mol. The summed E-state index contributed by atoms with van der Waals surface area (Å²) in [6, 6.07) is 9.13. The molecule has 3 aliphatic rings. The molecule has 2 saturated heterocycles. The summed E-state index contributed by atoms with van der Waals surface area (Å²) in [4.78, 5) is 43.1. The lowest BCUT2D eigenvalue weighted by atomic mass is 10.1. The van der Waals surface area contributed by atoms with E-state index in [9.17, 15) is 14.4 Å². The molecule has 1 saturated carbocycles. The standard InChI is InChI=1S/C22H30N4O3/c1-2-3-4-8-11-23-21(28)24-12-13-25-19(15-24)20(27)26(22(25)29)18-14-17(18)16-9-6-5-7-10-16/h5-7,9-10,17-19H,2-4,8,11-15H2,1H3,(H,23,28)/t17-,18+,19?/m1/s1. The second-order valence-corrected chi connectivity index (χ2v) is 8.26. The summed E-state index contributed by atoms with van der Waals surface area (Å²) in [7, 11) is 0. The van der Waals surface area contributed by atoms with Crippen molar-refractivity contribution in [2.75, 3.05) is 26.2 Å². The van der Waals surface area contributed by atoms with Crippen LogP contribution >= 0.6 is 0 Å². The highest BCUT2D eigenvalue weighted by Crippen LogP contribution is 2.46. The zero-order valence-corrected chi connectivity index (χ0v) is 17.0. The van der Waals surface area contributed by atoms with Gasteiger partial charge in [0.1, 0.15) is 6.04 Å². The first-order chi connectivity index (χ1) is 14.1. The van der Waals surface area contributed by atoms with Gasteiger partial charge in [0.15, 0.2) is 0 Å². The maximum atomic E-state index is 13.0. The van der Waals surface area contributed by atoms with E-state index in [0.29, 0.717) is 19.6 Å². The Balaban J connectivity index is 1.33. The van der Waals surface area contributed by atoms with E-state index in [-0.39, 0.29) is 36.5 Å². The molecule has 1 unspecified atom stereocenters. The van der Waals surface area contributed by atoms with Crippen molar-refractivity contribution in [3.8, 4) is 0 Å². The molecule has 3 atom stereocenters. The number of carbonyl (C=O) groups excluding carboxylic acids is 3. The summed E-state index contributed by atoms with van der Waals surface area (Å²) in [5, 5.41) is 2.95. The van der Waals surface area contributed by atoms with Gasteiger partial charge in [-0.1, -0.05) is 56.5 Å². The average Bonchev–Trinajstić information content (AvgIpc) is 3.49. The van der Waals surface area contributed by atoms with Crippen molar-refractivity contribution < 1.29 is 14.4 Å². The van der Waals surface area contributed by atoms with Crippen molar-refractivity contribution >= 4 is 18.0 Å². The highest BCUT2D eigenvalue weighted by Gasteiger charge is 2.56. The number of urea groups is 2. The minimum atomic E-state index is -0.542. The predicted octanol–water partition coefficient (Wildman–Crippen LogP) is 2.78. The monoisotopic (exact) mass is 398 g/mol. The van der Waals surface area contributed by atoms with Crippen LogP contribution in [0.15, 0.2) is 30.3 Å². The first kappa shape index (κ1) is 19.7. The van der Waals surface area contributed by atoms with Crippen molar-refractivity contribution in [1.29, 1.82) is 0 Å². The van der Waals surface area contributed by atoms with Crippen LogP contribution < -0.4 is 5.32 Å². The van der Waals surface area contributed by atoms with Gasteiger partial charge in [-0.15, -0.1) is 0 Å². The van der Waals surface area contributed by atoms with Crippen LogP contribution in [0.3, 0.4) is 0 Å². The van der Waals surface area contributed by atoms with E-state index in [1.54, 1.807) is 9.80 Å². The second kappa shape index (κ2) is 8.43. The quantitative estimate of drug-likeness (QED) is 0.567. The summed E-state index contributed by atoms with van der Waals surface area (Å²) in [5.74, 6) is 0.0758. The molecule has 2 heterocycles. The van der Waals surface area contributed by atoms with E-state index < -0.39 is 6.04 Å². The van der Waals surface area contributed by atoms with Crippen molar-refractivity contribution in [3.63, 3.8) is 0 Å². The number of rotatable bonds is 7. The van der Waals surface area contributed by atoms with Crippen LogP contribution in [0.5, 0.6) is 0 Å². The topological polar surface area (TPSA) is 73.0 Å². The van der Waals surface area contributed by atoms with Gasteiger partial charge < -0.3 is 15.1 Å². The third-order valence-electron chi connectivity index (χ3n) is 6.26. The molecule has 3 fully saturated rings. The molecule has 1 aliphatic carbocycles. The van der Waals surface area contributed by atoms with E-state index in [1.165, 1.54) is 16.9 Å². The fourth-order valence-corrected chi connectivity index (χ4v) is 4.49. The number of piperazine rings is 1. The van der Waals surface area contributed by atoms with Gasteiger partial charge in [0, 0.05) is 31.6 Å². The lowest BCUT2D eigenvalue weighted by Crippen LogP contribution is -2.56. The van der Waals surface area contributed by atoms with Crippen molar-refractivity contribution in [2.45, 2.75) is 57.0 Å². The number of nitrogens with one attached hydrogen (secondary N) is 1. The lowest BCUT2D eigenvalue weighted by Gasteiger charge is -2.35. The van der Waals surface area contributed by atoms with Crippen molar-refractivity contribution in [1.82, 2.24) is 20.0 Å². The Hall–Kier alpha value is -2.57. The maximum Gasteiger partial charge on any atom is 0.327 e. The van der Waals surface area contributed by atoms with Gasteiger partial charge in [-0.3, -0.25) is 9.69 Å². The number of hydrogen-bond donors (Lipinski definition) is 1. The molecule has 0 aromatic heterocycles. The molecule has 0 radical (unpaired) electrons. The molecule has 1 aromatic rings. The lowest BCUT2D eigenvalue weighted by molar-refractivity contribution is -0.129. The van der Waals surface area contributed by atoms with Crippen molar-refractivity contribution in [3.05, 3.63) is 35.9 Å². The number of nitrogens with zero attached hydrogens (tertiary/aromatic N) is 3. The molecule has 7 heteroatoms. The molecule has 29 heavy (non-hydrogen) atoms. The number of benzene rings is 1. The summed E-state index contributed by atoms with van der Waals surface area (Å²) in [6.07, 6.45) is 5.24. The maximum absolute atomic E-state index is 13.0. The van der Waals surface area contributed by atoms with Gasteiger partial charge in [0.2, 0.25) is 0 Å². The Morgan fingerprint density at radius 1 is 1.10 bits per heavy atom. The first-order valence-corrected chi connectivity index (χ1v) is 10.8. The zero-order valence-electron chi connectivity index (χ0n) is 17.0. The third kappa shape index (κ3) is 3.95. The zero-order chi connectivity index (χ0) is 20.4. The van der Waals surface area contributed by atoms with Gasteiger partial charge in [0.25, 0.3) is 5.91 Å². The fourth-order valence-electron chi connectivity index (χ4n) is 4.49. The Morgan fingerprint density at radius 3 is 2.66 bits per heavy atom. The van der Waals surface area contributed by atoms with Crippen LogP contribution in [0.1, 0.15) is 50.5 Å². The summed E-state index contributed by atoms with van der Waals surface area (Å²) in [5.41, 5.74) is 1.17. The molecule has 7 nitrogen and oxygen atoms in total. The Labute approximate surface area is 172 Å². The molecule has 4 rings (SSSR count). The van der Waals surface area contributed by atoms with Crippen LogP contribution in [-0.4, -0.2) is 70.9 Å². The number of unbranched alkanes of at least 4 members (excludes halogenated alkanes) is 3. The number of amides is 5. The van der Waals surface area contributed by atoms with Crippen LogP contribution in [0.25, 0.3) is 0 Å². The highest BCUT2D eigenvalue weighted by atomic mass is 16.2. The molecule has 156 valence electrons. The van der Waals surface area contributed by atoms with Gasteiger partial charge in [0.05, 0.1) is 6.54 Å². The third-order valence-corrected chi connectivity index (χ3v) is 6.26. The number of hydrogen-bond acceptors (Lipinski definition) is 3. The number of carbonyl (C=O) groups is 3. The minimum Gasteiger partial charge on any atom is -0.338 e. The van der Waals surface area contributed by atoms with E-state index in [1.807, 2.05) is 18.2 Å². The molecule has 1 N–H and O–H groups in total. The van der Waals surface area contributed by atoms with Crippen molar-refractivity contribution in [2.24, 2.45) is 0 Å². The van der Waals surface area contributed by atoms with Crippen LogP contribution in [-0.2, 0) is 4.79 Å². The predicted molar refractivity (Wildman–Crippen MR) is 109 cm³/mol. The molecule has 5 amide bonds. The SMILES string of the molecule is CCCCCCNC(=O)N1CCN2C(=O)N([C@H]3C[C@@H]3c3ccccc3)C(=O)C2C1. The fraction of sp³-hybridized carbons (Fsp3) is 0.591. The molecule has 0 bridgehead atoms. The van der Waals surface area contributed by atoms with E-state index in [4.69, 9.17) is 0 Å². The minimum absolute atomic E-state index is 0.0520. The molecule has 0 spiro atoms. The Bertz CT molecular complexity index is 769. The van der Waals surface area contributed by atoms with Crippen LogP contribution in [0.2, 0.25) is 0 Å². The van der Waals surface area contributed by atoms with Gasteiger partial charge >= 0.3 is 12.1 Å². The van der Waals surface area contributed by atoms with E-state index in [0.717, 1.165) is 25.7 Å². The van der Waals surface area contributed by atoms with Crippen LogP contribution in [0, 0.1) is 0 Å². The molecular formula is C22H30N4O3. The normalized spacial score (nSPS) is 26.0. The molecule has 2 aliphatic heterocycles. The number of imide groups is 1. The van der Waals surface area contributed by atoms with Gasteiger partial charge in [-0.2, -0.15) is 0 Å². The Morgan fingerprint density at radius 2 is 1.90 bits per heavy atom. The summed E-state index contributed by atoms with van der Waals surface area (Å²) >= 11 is 0. The second-order valence-electron chi connectivity index (χ2n) is 8.26. The highest BCUT2D eigenvalue weighted by molar-refractivity contribution is 6.05.